The number of aromatic nitrogens is 2. The molecular weight excluding hydrogens is 350 g/mol. The lowest BCUT2D eigenvalue weighted by Crippen LogP contribution is -2.33. The van der Waals surface area contributed by atoms with Gasteiger partial charge < -0.3 is 9.64 Å². The molecule has 0 saturated carbocycles. The van der Waals surface area contributed by atoms with Crippen LogP contribution in [-0.2, 0) is 17.8 Å². The predicted octanol–water partition coefficient (Wildman–Crippen LogP) is 5.04. The molecule has 136 valence electrons. The van der Waals surface area contributed by atoms with Gasteiger partial charge in [-0.15, -0.1) is 11.3 Å². The highest BCUT2D eigenvalue weighted by Crippen LogP contribution is 2.43. The summed E-state index contributed by atoms with van der Waals surface area (Å²) in [5, 5.41) is 0.931. The van der Waals surface area contributed by atoms with Gasteiger partial charge in [0, 0.05) is 35.7 Å². The first-order chi connectivity index (χ1) is 12.1. The van der Waals surface area contributed by atoms with E-state index in [0.717, 1.165) is 48.8 Å². The lowest BCUT2D eigenvalue weighted by molar-refractivity contribution is -0.0546. The van der Waals surface area contributed by atoms with Gasteiger partial charge in [0.15, 0.2) is 11.0 Å². The van der Waals surface area contributed by atoms with E-state index in [1.165, 1.54) is 33.8 Å². The minimum absolute atomic E-state index is 0.0328. The van der Waals surface area contributed by atoms with Crippen LogP contribution in [0.5, 0.6) is 0 Å². The van der Waals surface area contributed by atoms with E-state index in [9.17, 15) is 0 Å². The summed E-state index contributed by atoms with van der Waals surface area (Å²) in [6, 6.07) is 0. The van der Waals surface area contributed by atoms with E-state index in [1.54, 1.807) is 11.8 Å². The third-order valence-electron chi connectivity index (χ3n) is 5.36. The molecule has 0 unspecified atom stereocenters. The van der Waals surface area contributed by atoms with Crippen molar-refractivity contribution in [2.45, 2.75) is 70.2 Å². The summed E-state index contributed by atoms with van der Waals surface area (Å²) < 4.78 is 7.49. The molecule has 0 aromatic carbocycles. The van der Waals surface area contributed by atoms with E-state index in [-0.39, 0.29) is 5.60 Å². The van der Waals surface area contributed by atoms with E-state index in [2.05, 4.69) is 25.7 Å². The smallest absolute Gasteiger partial charge is 0.190 e. The molecule has 6 heteroatoms. The summed E-state index contributed by atoms with van der Waals surface area (Å²) in [7, 11) is 0. The Balaban J connectivity index is 1.81. The standard InChI is InChI=1S/C19H27N3OS2/c1-4-10-24-18-20-15-13-12-23-19(3,5-2)11-14(13)25-16(15)17(21-18)22-8-6-7-9-22/h4-12H2,1-3H3/t19-/m0/s1. The van der Waals surface area contributed by atoms with Gasteiger partial charge in [-0.1, -0.05) is 25.6 Å². The molecule has 1 saturated heterocycles. The summed E-state index contributed by atoms with van der Waals surface area (Å²) in [6.45, 7) is 9.58. The quantitative estimate of drug-likeness (QED) is 0.539. The van der Waals surface area contributed by atoms with Crippen LogP contribution in [0.25, 0.3) is 10.2 Å². The van der Waals surface area contributed by atoms with Crippen molar-refractivity contribution in [2.75, 3.05) is 23.7 Å². The molecule has 0 spiro atoms. The fraction of sp³-hybridized carbons (Fsp3) is 0.684. The van der Waals surface area contributed by atoms with Gasteiger partial charge in [0.1, 0.15) is 0 Å². The van der Waals surface area contributed by atoms with Crippen molar-refractivity contribution < 1.29 is 4.74 Å². The Morgan fingerprint density at radius 2 is 2.04 bits per heavy atom. The second-order valence-electron chi connectivity index (χ2n) is 7.32. The zero-order valence-corrected chi connectivity index (χ0v) is 17.1. The van der Waals surface area contributed by atoms with Gasteiger partial charge in [-0.25, -0.2) is 9.97 Å². The SMILES string of the molecule is CCCSc1nc(N2CCCC2)c2sc3c(c2n1)CO[C@@](C)(CC)C3. The summed E-state index contributed by atoms with van der Waals surface area (Å²) in [5.41, 5.74) is 2.43. The van der Waals surface area contributed by atoms with E-state index in [0.29, 0.717) is 6.61 Å². The second kappa shape index (κ2) is 7.05. The first kappa shape index (κ1) is 17.6. The highest BCUT2D eigenvalue weighted by atomic mass is 32.2. The molecule has 0 N–H and O–H groups in total. The van der Waals surface area contributed by atoms with Gasteiger partial charge >= 0.3 is 0 Å². The van der Waals surface area contributed by atoms with Gasteiger partial charge in [0.2, 0.25) is 0 Å². The number of fused-ring (bicyclic) bond motifs is 3. The van der Waals surface area contributed by atoms with Crippen molar-refractivity contribution in [3.05, 3.63) is 10.4 Å². The maximum Gasteiger partial charge on any atom is 0.190 e. The Bertz CT molecular complexity index is 770. The Morgan fingerprint density at radius 3 is 2.76 bits per heavy atom. The molecule has 0 radical (unpaired) electrons. The van der Waals surface area contributed by atoms with Crippen molar-refractivity contribution in [3.63, 3.8) is 0 Å². The molecule has 2 aromatic heterocycles. The predicted molar refractivity (Wildman–Crippen MR) is 107 cm³/mol. The largest absolute Gasteiger partial charge is 0.370 e. The minimum atomic E-state index is -0.0328. The molecule has 4 rings (SSSR count). The Labute approximate surface area is 158 Å². The highest BCUT2D eigenvalue weighted by Gasteiger charge is 2.33. The molecule has 25 heavy (non-hydrogen) atoms. The van der Waals surface area contributed by atoms with Crippen LogP contribution in [0.2, 0.25) is 0 Å². The topological polar surface area (TPSA) is 38.2 Å². The number of hydrogen-bond donors (Lipinski definition) is 0. The van der Waals surface area contributed by atoms with Crippen LogP contribution >= 0.6 is 23.1 Å². The molecule has 2 aliphatic heterocycles. The number of thiophene rings is 1. The number of hydrogen-bond acceptors (Lipinski definition) is 6. The maximum atomic E-state index is 6.22. The van der Waals surface area contributed by atoms with Crippen molar-refractivity contribution in [3.8, 4) is 0 Å². The minimum Gasteiger partial charge on any atom is -0.370 e. The monoisotopic (exact) mass is 377 g/mol. The van der Waals surface area contributed by atoms with Gasteiger partial charge in [-0.05, 0) is 32.6 Å². The number of anilines is 1. The molecule has 4 heterocycles. The normalized spacial score (nSPS) is 23.4. The molecule has 1 atom stereocenters. The average molecular weight is 378 g/mol. The Kier molecular flexibility index (Phi) is 4.95. The molecule has 0 amide bonds. The third-order valence-corrected chi connectivity index (χ3v) is 7.63. The average Bonchev–Trinajstić information content (AvgIpc) is 3.26. The van der Waals surface area contributed by atoms with Crippen LogP contribution in [-0.4, -0.2) is 34.4 Å². The zero-order chi connectivity index (χ0) is 17.4. The fourth-order valence-corrected chi connectivity index (χ4v) is 5.72. The highest BCUT2D eigenvalue weighted by molar-refractivity contribution is 7.99. The summed E-state index contributed by atoms with van der Waals surface area (Å²) in [4.78, 5) is 13.8. The van der Waals surface area contributed by atoms with Crippen LogP contribution in [0.1, 0.15) is 56.9 Å². The number of thioether (sulfide) groups is 1. The molecule has 1 fully saturated rings. The van der Waals surface area contributed by atoms with Crippen LogP contribution in [0, 0.1) is 0 Å². The van der Waals surface area contributed by atoms with Gasteiger partial charge in [-0.2, -0.15) is 0 Å². The summed E-state index contributed by atoms with van der Waals surface area (Å²) >= 11 is 3.69. The Hall–Kier alpha value is -0.850. The molecule has 4 nitrogen and oxygen atoms in total. The maximum absolute atomic E-state index is 6.22. The van der Waals surface area contributed by atoms with E-state index < -0.39 is 0 Å². The van der Waals surface area contributed by atoms with Crippen molar-refractivity contribution in [2.24, 2.45) is 0 Å². The number of rotatable bonds is 5. The van der Waals surface area contributed by atoms with Crippen LogP contribution in [0.15, 0.2) is 5.16 Å². The zero-order valence-electron chi connectivity index (χ0n) is 15.4. The van der Waals surface area contributed by atoms with E-state index in [4.69, 9.17) is 14.7 Å². The molecule has 2 aromatic rings. The lowest BCUT2D eigenvalue weighted by atomic mass is 9.93. The van der Waals surface area contributed by atoms with Crippen molar-refractivity contribution in [1.82, 2.24) is 9.97 Å². The molecular formula is C19H27N3OS2. The molecule has 0 bridgehead atoms. The van der Waals surface area contributed by atoms with Crippen LogP contribution in [0.3, 0.4) is 0 Å². The Morgan fingerprint density at radius 1 is 1.24 bits per heavy atom. The summed E-state index contributed by atoms with van der Waals surface area (Å²) in [6.07, 6.45) is 5.72. The summed E-state index contributed by atoms with van der Waals surface area (Å²) in [5.74, 6) is 2.24. The van der Waals surface area contributed by atoms with Crippen molar-refractivity contribution in [1.29, 1.82) is 0 Å². The first-order valence-electron chi connectivity index (χ1n) is 9.47. The molecule has 0 aliphatic carbocycles. The number of ether oxygens (including phenoxy) is 1. The number of nitrogens with zero attached hydrogens (tertiary/aromatic N) is 3. The van der Waals surface area contributed by atoms with Gasteiger partial charge in [0.25, 0.3) is 0 Å². The van der Waals surface area contributed by atoms with Crippen LogP contribution in [0.4, 0.5) is 5.82 Å². The van der Waals surface area contributed by atoms with E-state index >= 15 is 0 Å². The lowest BCUT2D eigenvalue weighted by Gasteiger charge is -2.32. The molecule has 2 aliphatic rings. The third kappa shape index (κ3) is 3.28. The first-order valence-corrected chi connectivity index (χ1v) is 11.3. The van der Waals surface area contributed by atoms with Crippen molar-refractivity contribution >= 4 is 39.1 Å². The van der Waals surface area contributed by atoms with Gasteiger partial charge in [-0.3, -0.25) is 0 Å². The van der Waals surface area contributed by atoms with E-state index in [1.807, 2.05) is 11.3 Å². The van der Waals surface area contributed by atoms with Crippen LogP contribution < -0.4 is 4.90 Å². The van der Waals surface area contributed by atoms with Gasteiger partial charge in [0.05, 0.1) is 22.4 Å². The fourth-order valence-electron chi connectivity index (χ4n) is 3.59. The second-order valence-corrected chi connectivity index (χ2v) is 9.49.